The van der Waals surface area contributed by atoms with Crippen LogP contribution in [0.1, 0.15) is 51.9 Å². The van der Waals surface area contributed by atoms with Crippen molar-refractivity contribution in [3.8, 4) is 0 Å². The molecule has 1 aliphatic rings. The first kappa shape index (κ1) is 13.9. The summed E-state index contributed by atoms with van der Waals surface area (Å²) in [5, 5.41) is 0. The van der Waals surface area contributed by atoms with Gasteiger partial charge in [0.1, 0.15) is 0 Å². The van der Waals surface area contributed by atoms with Crippen molar-refractivity contribution in [3.63, 3.8) is 0 Å². The summed E-state index contributed by atoms with van der Waals surface area (Å²) in [6.45, 7) is 2.22. The second-order valence-electron chi connectivity index (χ2n) is 4.51. The van der Waals surface area contributed by atoms with Crippen molar-refractivity contribution >= 4 is 11.7 Å². The number of nitrogens with zero attached hydrogens (tertiary/aromatic N) is 1. The van der Waals surface area contributed by atoms with Gasteiger partial charge in [0, 0.05) is 11.8 Å². The molecule has 1 heterocycles. The quantitative estimate of drug-likeness (QED) is 0.387. The molecule has 3 nitrogen and oxygen atoms in total. The summed E-state index contributed by atoms with van der Waals surface area (Å²) in [4.78, 5) is 15.6. The van der Waals surface area contributed by atoms with Crippen LogP contribution in [0.5, 0.6) is 0 Å². The van der Waals surface area contributed by atoms with Crippen molar-refractivity contribution < 1.29 is 9.53 Å². The van der Waals surface area contributed by atoms with Crippen molar-refractivity contribution in [2.75, 3.05) is 7.11 Å². The maximum atomic E-state index is 10.9. The second kappa shape index (κ2) is 8.04. The number of hydrogen-bond acceptors (Lipinski definition) is 3. The summed E-state index contributed by atoms with van der Waals surface area (Å²) < 4.78 is 4.54. The third-order valence-electron chi connectivity index (χ3n) is 3.06. The molecule has 0 aromatic heterocycles. The van der Waals surface area contributed by atoms with E-state index in [1.54, 1.807) is 0 Å². The summed E-state index contributed by atoms with van der Waals surface area (Å²) in [5.74, 6) is -0.282. The zero-order valence-corrected chi connectivity index (χ0v) is 10.9. The summed E-state index contributed by atoms with van der Waals surface area (Å²) >= 11 is 0. The summed E-state index contributed by atoms with van der Waals surface area (Å²) in [7, 11) is 1.40. The topological polar surface area (TPSA) is 38.7 Å². The first-order valence-electron chi connectivity index (χ1n) is 6.56. The molecule has 0 aromatic carbocycles. The van der Waals surface area contributed by atoms with E-state index in [0.717, 1.165) is 25.7 Å². The van der Waals surface area contributed by atoms with E-state index >= 15 is 0 Å². The van der Waals surface area contributed by atoms with Gasteiger partial charge >= 0.3 is 5.97 Å². The van der Waals surface area contributed by atoms with Crippen LogP contribution in [0, 0.1) is 0 Å². The standard InChI is InChI=1S/C14H23NO2/c1-3-4-5-7-12-10-11-13(15-12)8-6-9-14(16)17-2/h6,9,13H,3-5,7-8,10-11H2,1-2H3/b9-6+/t13-/m1/s1. The van der Waals surface area contributed by atoms with Gasteiger partial charge in [-0.15, -0.1) is 0 Å². The minimum Gasteiger partial charge on any atom is -0.466 e. The lowest BCUT2D eigenvalue weighted by Gasteiger charge is -2.00. The minimum absolute atomic E-state index is 0.282. The zero-order valence-electron chi connectivity index (χ0n) is 10.9. The maximum absolute atomic E-state index is 10.9. The number of hydrogen-bond donors (Lipinski definition) is 0. The van der Waals surface area contributed by atoms with Crippen LogP contribution in [0.3, 0.4) is 0 Å². The number of ether oxygens (including phenoxy) is 1. The van der Waals surface area contributed by atoms with Gasteiger partial charge in [0.2, 0.25) is 0 Å². The monoisotopic (exact) mass is 237 g/mol. The lowest BCUT2D eigenvalue weighted by atomic mass is 10.1. The third-order valence-corrected chi connectivity index (χ3v) is 3.06. The van der Waals surface area contributed by atoms with Crippen LogP contribution in [0.4, 0.5) is 0 Å². The fourth-order valence-corrected chi connectivity index (χ4v) is 2.05. The molecule has 0 amide bonds. The smallest absolute Gasteiger partial charge is 0.330 e. The number of methoxy groups -OCH3 is 1. The molecule has 17 heavy (non-hydrogen) atoms. The Morgan fingerprint density at radius 2 is 2.35 bits per heavy atom. The Labute approximate surface area is 104 Å². The Balaban J connectivity index is 2.23. The molecular weight excluding hydrogens is 214 g/mol. The molecule has 0 bridgehead atoms. The Hall–Kier alpha value is -1.12. The van der Waals surface area contributed by atoms with Gasteiger partial charge in [0.05, 0.1) is 13.2 Å². The number of rotatable bonds is 7. The largest absolute Gasteiger partial charge is 0.466 e. The highest BCUT2D eigenvalue weighted by molar-refractivity contribution is 5.86. The van der Waals surface area contributed by atoms with Crippen LogP contribution in [0.15, 0.2) is 17.1 Å². The SMILES string of the molecule is CCCCCC1=N[C@H](C/C=C/C(=O)OC)CC1. The van der Waals surface area contributed by atoms with Gasteiger partial charge in [-0.2, -0.15) is 0 Å². The van der Waals surface area contributed by atoms with E-state index in [9.17, 15) is 4.79 Å². The van der Waals surface area contributed by atoms with Crippen molar-refractivity contribution in [1.82, 2.24) is 0 Å². The van der Waals surface area contributed by atoms with E-state index in [0.29, 0.717) is 6.04 Å². The van der Waals surface area contributed by atoms with E-state index in [1.165, 1.54) is 38.2 Å². The van der Waals surface area contributed by atoms with Gasteiger partial charge in [-0.05, 0) is 32.1 Å². The summed E-state index contributed by atoms with van der Waals surface area (Å²) in [6, 6.07) is 0.382. The Morgan fingerprint density at radius 3 is 3.06 bits per heavy atom. The Morgan fingerprint density at radius 1 is 1.53 bits per heavy atom. The van der Waals surface area contributed by atoms with Crippen LogP contribution in [0.25, 0.3) is 0 Å². The van der Waals surface area contributed by atoms with Crippen LogP contribution in [0.2, 0.25) is 0 Å². The number of carbonyl (C=O) groups excluding carboxylic acids is 1. The summed E-state index contributed by atoms with van der Waals surface area (Å²) in [5.41, 5.74) is 1.37. The lowest BCUT2D eigenvalue weighted by molar-refractivity contribution is -0.134. The van der Waals surface area contributed by atoms with Gasteiger partial charge in [0.15, 0.2) is 0 Å². The van der Waals surface area contributed by atoms with Crippen LogP contribution < -0.4 is 0 Å². The van der Waals surface area contributed by atoms with Crippen molar-refractivity contribution in [1.29, 1.82) is 0 Å². The van der Waals surface area contributed by atoms with Gasteiger partial charge in [-0.25, -0.2) is 4.79 Å². The lowest BCUT2D eigenvalue weighted by Crippen LogP contribution is -1.98. The highest BCUT2D eigenvalue weighted by atomic mass is 16.5. The molecular formula is C14H23NO2. The van der Waals surface area contributed by atoms with E-state index in [1.807, 2.05) is 6.08 Å². The minimum atomic E-state index is -0.282. The fraction of sp³-hybridized carbons (Fsp3) is 0.714. The predicted molar refractivity (Wildman–Crippen MR) is 70.4 cm³/mol. The molecule has 0 aromatic rings. The summed E-state index contributed by atoms with van der Waals surface area (Å²) in [6.07, 6.45) is 11.5. The number of carbonyl (C=O) groups is 1. The van der Waals surface area contributed by atoms with E-state index in [2.05, 4.69) is 11.7 Å². The predicted octanol–water partition coefficient (Wildman–Crippen LogP) is 3.29. The second-order valence-corrected chi connectivity index (χ2v) is 4.51. The maximum Gasteiger partial charge on any atom is 0.330 e. The average Bonchev–Trinajstić information content (AvgIpc) is 2.77. The van der Waals surface area contributed by atoms with Gasteiger partial charge in [-0.1, -0.05) is 25.8 Å². The van der Waals surface area contributed by atoms with Gasteiger partial charge in [-0.3, -0.25) is 4.99 Å². The zero-order chi connectivity index (χ0) is 12.5. The van der Waals surface area contributed by atoms with Crippen LogP contribution >= 0.6 is 0 Å². The van der Waals surface area contributed by atoms with E-state index in [-0.39, 0.29) is 5.97 Å². The highest BCUT2D eigenvalue weighted by Gasteiger charge is 2.15. The molecule has 0 spiro atoms. The van der Waals surface area contributed by atoms with Crippen molar-refractivity contribution in [2.45, 2.75) is 57.9 Å². The van der Waals surface area contributed by atoms with Gasteiger partial charge < -0.3 is 4.74 Å². The Bertz CT molecular complexity index is 295. The van der Waals surface area contributed by atoms with E-state index in [4.69, 9.17) is 4.99 Å². The Kier molecular flexibility index (Phi) is 6.60. The molecule has 96 valence electrons. The first-order valence-corrected chi connectivity index (χ1v) is 6.56. The molecule has 0 saturated carbocycles. The van der Waals surface area contributed by atoms with Crippen molar-refractivity contribution in [2.24, 2.45) is 4.99 Å². The molecule has 0 aliphatic carbocycles. The molecule has 1 rings (SSSR count). The van der Waals surface area contributed by atoms with E-state index < -0.39 is 0 Å². The van der Waals surface area contributed by atoms with Gasteiger partial charge in [0.25, 0.3) is 0 Å². The molecule has 0 saturated heterocycles. The normalized spacial score (nSPS) is 19.6. The number of aliphatic imine (C=N–C) groups is 1. The molecule has 1 atom stereocenters. The molecule has 3 heteroatoms. The molecule has 0 N–H and O–H groups in total. The molecule has 0 fully saturated rings. The first-order chi connectivity index (χ1) is 8.26. The molecule has 0 radical (unpaired) electrons. The third kappa shape index (κ3) is 5.66. The van der Waals surface area contributed by atoms with Crippen LogP contribution in [-0.4, -0.2) is 24.8 Å². The highest BCUT2D eigenvalue weighted by Crippen LogP contribution is 2.20. The number of esters is 1. The fourth-order valence-electron chi connectivity index (χ4n) is 2.05. The number of unbranched alkanes of at least 4 members (excludes halogenated alkanes) is 2. The van der Waals surface area contributed by atoms with Crippen molar-refractivity contribution in [3.05, 3.63) is 12.2 Å². The molecule has 1 aliphatic heterocycles. The van der Waals surface area contributed by atoms with Crippen LogP contribution in [-0.2, 0) is 9.53 Å². The molecule has 0 unspecified atom stereocenters. The average molecular weight is 237 g/mol.